The monoisotopic (exact) mass is 539 g/mol. The molecule has 1 atom stereocenters. The first-order valence-electron chi connectivity index (χ1n) is 12.1. The summed E-state index contributed by atoms with van der Waals surface area (Å²) >= 11 is 0. The summed E-state index contributed by atoms with van der Waals surface area (Å²) in [5, 5.41) is 2.74. The molecule has 0 heterocycles. The molecule has 0 saturated carbocycles. The minimum Gasteiger partial charge on any atom is -0.497 e. The smallest absolute Gasteiger partial charge is 0.264 e. The molecule has 0 spiro atoms. The SMILES string of the molecule is CCNC(=O)[C@H](C)N(Cc1ccc(OC)cc1)C(=O)CN(c1ccccc1OC)S(=O)(=O)c1ccccc1. The van der Waals surface area contributed by atoms with Gasteiger partial charge in [0.15, 0.2) is 0 Å². The first kappa shape index (κ1) is 28.5. The first-order valence-corrected chi connectivity index (χ1v) is 13.6. The van der Waals surface area contributed by atoms with Crippen LogP contribution in [0.2, 0.25) is 0 Å². The fraction of sp³-hybridized carbons (Fsp3) is 0.286. The van der Waals surface area contributed by atoms with E-state index in [0.29, 0.717) is 18.0 Å². The second-order valence-electron chi connectivity index (χ2n) is 8.44. The van der Waals surface area contributed by atoms with Gasteiger partial charge in [0.2, 0.25) is 11.8 Å². The molecule has 0 bridgehead atoms. The normalized spacial score (nSPS) is 11.8. The molecule has 0 unspecified atom stereocenters. The molecule has 3 aromatic rings. The van der Waals surface area contributed by atoms with Gasteiger partial charge in [0.05, 0.1) is 24.8 Å². The average molecular weight is 540 g/mol. The molecule has 0 aliphatic rings. The van der Waals surface area contributed by atoms with E-state index < -0.39 is 28.5 Å². The summed E-state index contributed by atoms with van der Waals surface area (Å²) in [4.78, 5) is 28.0. The molecule has 0 saturated heterocycles. The van der Waals surface area contributed by atoms with Crippen LogP contribution in [0.25, 0.3) is 0 Å². The number of nitrogens with zero attached hydrogens (tertiary/aromatic N) is 2. The lowest BCUT2D eigenvalue weighted by molar-refractivity contribution is -0.139. The van der Waals surface area contributed by atoms with E-state index in [1.165, 1.54) is 24.1 Å². The topological polar surface area (TPSA) is 105 Å². The number of carbonyl (C=O) groups excluding carboxylic acids is 2. The number of hydrogen-bond donors (Lipinski definition) is 1. The van der Waals surface area contributed by atoms with Gasteiger partial charge in [0.1, 0.15) is 24.1 Å². The summed E-state index contributed by atoms with van der Waals surface area (Å²) in [5.74, 6) is 0.0482. The zero-order chi connectivity index (χ0) is 27.7. The summed E-state index contributed by atoms with van der Waals surface area (Å²) in [5.41, 5.74) is 0.965. The van der Waals surface area contributed by atoms with Gasteiger partial charge in [0, 0.05) is 13.1 Å². The van der Waals surface area contributed by atoms with Gasteiger partial charge in [-0.1, -0.05) is 42.5 Å². The molecule has 0 fully saturated rings. The number of sulfonamides is 1. The van der Waals surface area contributed by atoms with E-state index in [1.54, 1.807) is 87.7 Å². The number of ether oxygens (including phenoxy) is 2. The third-order valence-electron chi connectivity index (χ3n) is 5.99. The minimum atomic E-state index is -4.16. The molecule has 10 heteroatoms. The first-order chi connectivity index (χ1) is 18.2. The van der Waals surface area contributed by atoms with Crippen molar-refractivity contribution >= 4 is 27.5 Å². The minimum absolute atomic E-state index is 0.0252. The number of hydrogen-bond acceptors (Lipinski definition) is 6. The highest BCUT2D eigenvalue weighted by Gasteiger charge is 2.33. The summed E-state index contributed by atoms with van der Waals surface area (Å²) in [6, 6.07) is 20.7. The second kappa shape index (κ2) is 13.0. The van der Waals surface area contributed by atoms with Gasteiger partial charge >= 0.3 is 0 Å². The van der Waals surface area contributed by atoms with Crippen LogP contribution in [0.3, 0.4) is 0 Å². The number of rotatable bonds is 12. The lowest BCUT2D eigenvalue weighted by atomic mass is 10.1. The zero-order valence-corrected chi connectivity index (χ0v) is 22.8. The van der Waals surface area contributed by atoms with Crippen LogP contribution < -0.4 is 19.1 Å². The molecule has 38 heavy (non-hydrogen) atoms. The highest BCUT2D eigenvalue weighted by atomic mass is 32.2. The lowest BCUT2D eigenvalue weighted by Crippen LogP contribution is -2.51. The quantitative estimate of drug-likeness (QED) is 0.378. The van der Waals surface area contributed by atoms with Crippen molar-refractivity contribution < 1.29 is 27.5 Å². The summed E-state index contributed by atoms with van der Waals surface area (Å²) in [7, 11) is -1.18. The van der Waals surface area contributed by atoms with Crippen molar-refractivity contribution in [1.29, 1.82) is 0 Å². The van der Waals surface area contributed by atoms with Gasteiger partial charge in [-0.2, -0.15) is 0 Å². The molecule has 3 rings (SSSR count). The molecule has 9 nitrogen and oxygen atoms in total. The van der Waals surface area contributed by atoms with E-state index in [2.05, 4.69) is 5.32 Å². The Morgan fingerprint density at radius 3 is 2.13 bits per heavy atom. The fourth-order valence-electron chi connectivity index (χ4n) is 3.90. The molecular weight excluding hydrogens is 506 g/mol. The summed E-state index contributed by atoms with van der Waals surface area (Å²) < 4.78 is 39.3. The predicted molar refractivity (Wildman–Crippen MR) is 146 cm³/mol. The van der Waals surface area contributed by atoms with Crippen molar-refractivity contribution in [3.8, 4) is 11.5 Å². The zero-order valence-electron chi connectivity index (χ0n) is 22.0. The Hall–Kier alpha value is -4.05. The van der Waals surface area contributed by atoms with Crippen molar-refractivity contribution in [3.63, 3.8) is 0 Å². The van der Waals surface area contributed by atoms with Crippen LogP contribution in [-0.2, 0) is 26.2 Å². The Balaban J connectivity index is 2.04. The van der Waals surface area contributed by atoms with Gasteiger partial charge in [-0.3, -0.25) is 13.9 Å². The van der Waals surface area contributed by atoms with Crippen LogP contribution in [0.5, 0.6) is 11.5 Å². The number of nitrogens with one attached hydrogen (secondary N) is 1. The van der Waals surface area contributed by atoms with Crippen LogP contribution in [0, 0.1) is 0 Å². The van der Waals surface area contributed by atoms with E-state index >= 15 is 0 Å². The average Bonchev–Trinajstić information content (AvgIpc) is 2.95. The Kier molecular flexibility index (Phi) is 9.72. The van der Waals surface area contributed by atoms with E-state index in [0.717, 1.165) is 9.87 Å². The van der Waals surface area contributed by atoms with Crippen LogP contribution in [0.15, 0.2) is 83.8 Å². The number of amides is 2. The molecular formula is C28H33N3O6S. The van der Waals surface area contributed by atoms with E-state index in [9.17, 15) is 18.0 Å². The molecule has 0 aliphatic carbocycles. The number of para-hydroxylation sites is 2. The molecule has 0 aliphatic heterocycles. The lowest BCUT2D eigenvalue weighted by Gasteiger charge is -2.32. The van der Waals surface area contributed by atoms with E-state index in [1.807, 2.05) is 0 Å². The number of methoxy groups -OCH3 is 2. The number of benzene rings is 3. The Morgan fingerprint density at radius 1 is 0.895 bits per heavy atom. The third-order valence-corrected chi connectivity index (χ3v) is 7.77. The Bertz CT molecular complexity index is 1330. The Labute approximate surface area is 224 Å². The van der Waals surface area contributed by atoms with E-state index in [4.69, 9.17) is 9.47 Å². The van der Waals surface area contributed by atoms with Gasteiger partial charge in [0.25, 0.3) is 10.0 Å². The second-order valence-corrected chi connectivity index (χ2v) is 10.3. The van der Waals surface area contributed by atoms with Crippen molar-refractivity contribution in [2.75, 3.05) is 31.6 Å². The van der Waals surface area contributed by atoms with Crippen LogP contribution >= 0.6 is 0 Å². The van der Waals surface area contributed by atoms with Crippen LogP contribution in [0.1, 0.15) is 19.4 Å². The number of anilines is 1. The maximum Gasteiger partial charge on any atom is 0.264 e. The van der Waals surface area contributed by atoms with Gasteiger partial charge in [-0.15, -0.1) is 0 Å². The van der Waals surface area contributed by atoms with Crippen molar-refractivity contribution in [2.45, 2.75) is 31.3 Å². The maximum absolute atomic E-state index is 13.9. The number of likely N-dealkylation sites (N-methyl/N-ethyl adjacent to an activating group) is 1. The summed E-state index contributed by atoms with van der Waals surface area (Å²) in [6.07, 6.45) is 0. The largest absolute Gasteiger partial charge is 0.497 e. The highest BCUT2D eigenvalue weighted by molar-refractivity contribution is 7.92. The maximum atomic E-state index is 13.9. The van der Waals surface area contributed by atoms with Gasteiger partial charge in [-0.05, 0) is 55.8 Å². The molecule has 202 valence electrons. The summed E-state index contributed by atoms with van der Waals surface area (Å²) in [6.45, 7) is 3.34. The number of carbonyl (C=O) groups is 2. The molecule has 2 amide bonds. The molecule has 0 radical (unpaired) electrons. The predicted octanol–water partition coefficient (Wildman–Crippen LogP) is 3.45. The van der Waals surface area contributed by atoms with Crippen molar-refractivity contribution in [1.82, 2.24) is 10.2 Å². The Morgan fingerprint density at radius 2 is 1.53 bits per heavy atom. The van der Waals surface area contributed by atoms with Gasteiger partial charge in [-0.25, -0.2) is 8.42 Å². The van der Waals surface area contributed by atoms with Crippen LogP contribution in [0.4, 0.5) is 5.69 Å². The third kappa shape index (κ3) is 6.63. The molecule has 0 aromatic heterocycles. The van der Waals surface area contributed by atoms with Crippen molar-refractivity contribution in [2.24, 2.45) is 0 Å². The van der Waals surface area contributed by atoms with Crippen molar-refractivity contribution in [3.05, 3.63) is 84.4 Å². The van der Waals surface area contributed by atoms with Gasteiger partial charge < -0.3 is 19.7 Å². The van der Waals surface area contributed by atoms with Crippen LogP contribution in [-0.4, -0.2) is 58.5 Å². The van der Waals surface area contributed by atoms with E-state index in [-0.39, 0.29) is 23.0 Å². The molecule has 1 N–H and O–H groups in total. The standard InChI is InChI=1S/C28H33N3O6S/c1-5-29-28(33)21(2)30(19-22-15-17-23(36-3)18-16-22)27(32)20-31(25-13-9-10-14-26(25)37-4)38(34,35)24-11-7-6-8-12-24/h6-18,21H,5,19-20H2,1-4H3,(H,29,33)/t21-/m0/s1. The highest BCUT2D eigenvalue weighted by Crippen LogP contribution is 2.32. The molecule has 3 aromatic carbocycles. The fourth-order valence-corrected chi connectivity index (χ4v) is 5.35.